The molecule has 0 spiro atoms. The zero-order valence-electron chi connectivity index (χ0n) is 10.9. The maximum absolute atomic E-state index is 13.0. The standard InChI is InChI=1S/C14H18FNO3/c1-10-5-6-16(13(10)8-17)14(18)9-19-12-4-2-3-11(15)7-12/h2-4,7,10,13,17H,5-6,8-9H2,1H3. The van der Waals surface area contributed by atoms with E-state index in [0.29, 0.717) is 18.2 Å². The molecule has 2 unspecified atom stereocenters. The third-order valence-electron chi connectivity index (χ3n) is 3.55. The van der Waals surface area contributed by atoms with Crippen molar-refractivity contribution in [3.8, 4) is 5.75 Å². The minimum absolute atomic E-state index is 0.0348. The number of ether oxygens (including phenoxy) is 1. The Labute approximate surface area is 111 Å². The van der Waals surface area contributed by atoms with Gasteiger partial charge < -0.3 is 14.7 Å². The second-order valence-electron chi connectivity index (χ2n) is 4.85. The zero-order valence-corrected chi connectivity index (χ0v) is 10.9. The van der Waals surface area contributed by atoms with E-state index in [2.05, 4.69) is 0 Å². The summed E-state index contributed by atoms with van der Waals surface area (Å²) in [6.45, 7) is 2.48. The van der Waals surface area contributed by atoms with Crippen LogP contribution in [0.4, 0.5) is 4.39 Å². The van der Waals surface area contributed by atoms with Crippen LogP contribution in [0.15, 0.2) is 24.3 Å². The van der Waals surface area contributed by atoms with E-state index in [1.807, 2.05) is 6.92 Å². The number of hydrogen-bond acceptors (Lipinski definition) is 3. The first-order valence-electron chi connectivity index (χ1n) is 6.40. The monoisotopic (exact) mass is 267 g/mol. The zero-order chi connectivity index (χ0) is 13.8. The molecule has 1 aromatic rings. The smallest absolute Gasteiger partial charge is 0.260 e. The summed E-state index contributed by atoms with van der Waals surface area (Å²) in [6, 6.07) is 5.56. The molecule has 5 heteroatoms. The number of amides is 1. The van der Waals surface area contributed by atoms with Gasteiger partial charge in [0, 0.05) is 12.6 Å². The van der Waals surface area contributed by atoms with Crippen molar-refractivity contribution < 1.29 is 19.0 Å². The predicted octanol–water partition coefficient (Wildman–Crippen LogP) is 1.43. The maximum atomic E-state index is 13.0. The fourth-order valence-electron chi connectivity index (χ4n) is 2.38. The Hall–Kier alpha value is -1.62. The summed E-state index contributed by atoms with van der Waals surface area (Å²) in [5, 5.41) is 9.29. The molecule has 0 aromatic heterocycles. The molecule has 19 heavy (non-hydrogen) atoms. The van der Waals surface area contributed by atoms with E-state index < -0.39 is 5.82 Å². The Balaban J connectivity index is 1.91. The van der Waals surface area contributed by atoms with Crippen molar-refractivity contribution in [2.24, 2.45) is 5.92 Å². The lowest BCUT2D eigenvalue weighted by molar-refractivity contribution is -0.135. The molecule has 104 valence electrons. The molecule has 0 saturated carbocycles. The summed E-state index contributed by atoms with van der Waals surface area (Å²) in [5.74, 6) is 0.0601. The lowest BCUT2D eigenvalue weighted by atomic mass is 10.0. The molecule has 1 aliphatic rings. The van der Waals surface area contributed by atoms with Gasteiger partial charge in [-0.1, -0.05) is 13.0 Å². The van der Waals surface area contributed by atoms with Gasteiger partial charge >= 0.3 is 0 Å². The average molecular weight is 267 g/mol. The van der Waals surface area contributed by atoms with Gasteiger partial charge in [0.25, 0.3) is 5.91 Å². The molecule has 1 aliphatic heterocycles. The molecular weight excluding hydrogens is 249 g/mol. The Morgan fingerprint density at radius 3 is 3.05 bits per heavy atom. The van der Waals surface area contributed by atoms with E-state index in [0.717, 1.165) is 6.42 Å². The highest BCUT2D eigenvalue weighted by atomic mass is 19.1. The van der Waals surface area contributed by atoms with E-state index in [1.54, 1.807) is 11.0 Å². The van der Waals surface area contributed by atoms with Crippen LogP contribution in [0.5, 0.6) is 5.75 Å². The molecule has 2 rings (SSSR count). The second kappa shape index (κ2) is 6.02. The van der Waals surface area contributed by atoms with Crippen LogP contribution in [0.3, 0.4) is 0 Å². The molecule has 0 radical (unpaired) electrons. The van der Waals surface area contributed by atoms with E-state index in [4.69, 9.17) is 4.74 Å². The van der Waals surface area contributed by atoms with Gasteiger partial charge in [-0.25, -0.2) is 4.39 Å². The number of likely N-dealkylation sites (tertiary alicyclic amines) is 1. The summed E-state index contributed by atoms with van der Waals surface area (Å²) < 4.78 is 18.2. The van der Waals surface area contributed by atoms with Crippen molar-refractivity contribution in [3.05, 3.63) is 30.1 Å². The highest BCUT2D eigenvalue weighted by Gasteiger charge is 2.33. The highest BCUT2D eigenvalue weighted by Crippen LogP contribution is 2.23. The number of aliphatic hydroxyl groups excluding tert-OH is 1. The molecule has 1 fully saturated rings. The van der Waals surface area contributed by atoms with Gasteiger partial charge in [0.15, 0.2) is 6.61 Å². The number of carbonyl (C=O) groups excluding carboxylic acids is 1. The van der Waals surface area contributed by atoms with E-state index in [9.17, 15) is 14.3 Å². The Bertz CT molecular complexity index is 452. The van der Waals surface area contributed by atoms with Crippen molar-refractivity contribution in [3.63, 3.8) is 0 Å². The molecule has 0 aliphatic carbocycles. The molecular formula is C14H18FNO3. The summed E-state index contributed by atoms with van der Waals surface area (Å²) in [6.07, 6.45) is 0.886. The summed E-state index contributed by atoms with van der Waals surface area (Å²) in [5.41, 5.74) is 0. The first kappa shape index (κ1) is 13.8. The number of aliphatic hydroxyl groups is 1. The minimum Gasteiger partial charge on any atom is -0.484 e. The Morgan fingerprint density at radius 1 is 1.58 bits per heavy atom. The quantitative estimate of drug-likeness (QED) is 0.898. The van der Waals surface area contributed by atoms with Gasteiger partial charge in [0.2, 0.25) is 0 Å². The van der Waals surface area contributed by atoms with Crippen LogP contribution >= 0.6 is 0 Å². The Kier molecular flexibility index (Phi) is 4.37. The highest BCUT2D eigenvalue weighted by molar-refractivity contribution is 5.78. The van der Waals surface area contributed by atoms with Gasteiger partial charge in [-0.15, -0.1) is 0 Å². The number of carbonyl (C=O) groups is 1. The summed E-state index contributed by atoms with van der Waals surface area (Å²) in [7, 11) is 0. The summed E-state index contributed by atoms with van der Waals surface area (Å²) >= 11 is 0. The first-order chi connectivity index (χ1) is 9.11. The molecule has 0 bridgehead atoms. The third-order valence-corrected chi connectivity index (χ3v) is 3.55. The van der Waals surface area contributed by atoms with Crippen molar-refractivity contribution in [2.45, 2.75) is 19.4 Å². The normalized spacial score (nSPS) is 22.6. The third kappa shape index (κ3) is 3.23. The second-order valence-corrected chi connectivity index (χ2v) is 4.85. The van der Waals surface area contributed by atoms with Crippen LogP contribution in [0.2, 0.25) is 0 Å². The van der Waals surface area contributed by atoms with E-state index >= 15 is 0 Å². The number of nitrogens with zero attached hydrogens (tertiary/aromatic N) is 1. The molecule has 2 atom stereocenters. The number of rotatable bonds is 4. The maximum Gasteiger partial charge on any atom is 0.260 e. The largest absolute Gasteiger partial charge is 0.484 e. The number of benzene rings is 1. The van der Waals surface area contributed by atoms with Crippen molar-refractivity contribution in [1.29, 1.82) is 0 Å². The fraction of sp³-hybridized carbons (Fsp3) is 0.500. The fourth-order valence-corrected chi connectivity index (χ4v) is 2.38. The summed E-state index contributed by atoms with van der Waals surface area (Å²) in [4.78, 5) is 13.7. The number of halogens is 1. The van der Waals surface area contributed by atoms with Gasteiger partial charge in [-0.3, -0.25) is 4.79 Å². The molecule has 1 heterocycles. The first-order valence-corrected chi connectivity index (χ1v) is 6.40. The van der Waals surface area contributed by atoms with Gasteiger partial charge in [-0.2, -0.15) is 0 Å². The van der Waals surface area contributed by atoms with Crippen molar-refractivity contribution in [2.75, 3.05) is 19.8 Å². The van der Waals surface area contributed by atoms with Gasteiger partial charge in [0.1, 0.15) is 11.6 Å². The van der Waals surface area contributed by atoms with Crippen LogP contribution in [-0.4, -0.2) is 41.7 Å². The van der Waals surface area contributed by atoms with Crippen LogP contribution in [0.25, 0.3) is 0 Å². The molecule has 4 nitrogen and oxygen atoms in total. The van der Waals surface area contributed by atoms with Crippen molar-refractivity contribution >= 4 is 5.91 Å². The topological polar surface area (TPSA) is 49.8 Å². The molecule has 1 N–H and O–H groups in total. The van der Waals surface area contributed by atoms with E-state index in [1.165, 1.54) is 18.2 Å². The van der Waals surface area contributed by atoms with Crippen LogP contribution in [0, 0.1) is 11.7 Å². The molecule has 1 aromatic carbocycles. The minimum atomic E-state index is -0.395. The van der Waals surface area contributed by atoms with Crippen LogP contribution in [-0.2, 0) is 4.79 Å². The SMILES string of the molecule is CC1CCN(C(=O)COc2cccc(F)c2)C1CO. The van der Waals surface area contributed by atoms with Gasteiger partial charge in [0.05, 0.1) is 12.6 Å². The average Bonchev–Trinajstić information content (AvgIpc) is 2.77. The van der Waals surface area contributed by atoms with Gasteiger partial charge in [-0.05, 0) is 24.5 Å². The van der Waals surface area contributed by atoms with Crippen LogP contribution < -0.4 is 4.74 Å². The lowest BCUT2D eigenvalue weighted by Crippen LogP contribution is -2.42. The number of hydrogen-bond donors (Lipinski definition) is 1. The lowest BCUT2D eigenvalue weighted by Gasteiger charge is -2.25. The predicted molar refractivity (Wildman–Crippen MR) is 68.3 cm³/mol. The van der Waals surface area contributed by atoms with E-state index in [-0.39, 0.29) is 25.2 Å². The molecule has 1 saturated heterocycles. The Morgan fingerprint density at radius 2 is 2.37 bits per heavy atom. The van der Waals surface area contributed by atoms with Crippen molar-refractivity contribution in [1.82, 2.24) is 4.90 Å². The van der Waals surface area contributed by atoms with Crippen LogP contribution in [0.1, 0.15) is 13.3 Å². The molecule has 1 amide bonds.